The number of thiazole rings is 1. The van der Waals surface area contributed by atoms with Crippen LogP contribution in [0.1, 0.15) is 41.6 Å². The molecule has 0 saturated heterocycles. The molecule has 10 heteroatoms. The third kappa shape index (κ3) is 5.03. The first-order valence-electron chi connectivity index (χ1n) is 13.9. The third-order valence-electron chi connectivity index (χ3n) is 7.41. The monoisotopic (exact) mass is 608 g/mol. The van der Waals surface area contributed by atoms with Crippen molar-refractivity contribution in [3.05, 3.63) is 121 Å². The van der Waals surface area contributed by atoms with E-state index in [9.17, 15) is 14.4 Å². The molecule has 0 fully saturated rings. The number of hydrogen-bond donors (Lipinski definition) is 0. The van der Waals surface area contributed by atoms with Crippen LogP contribution in [-0.4, -0.2) is 37.3 Å². The predicted octanol–water partition coefficient (Wildman–Crippen LogP) is 5.01. The van der Waals surface area contributed by atoms with Gasteiger partial charge in [0.1, 0.15) is 23.3 Å². The molecule has 0 N–H and O–H groups in total. The molecule has 9 nitrogen and oxygen atoms in total. The number of hydrogen-bond acceptors (Lipinski definition) is 9. The van der Waals surface area contributed by atoms with Crippen LogP contribution in [0.4, 0.5) is 0 Å². The molecule has 0 radical (unpaired) electrons. The fourth-order valence-electron chi connectivity index (χ4n) is 5.43. The van der Waals surface area contributed by atoms with Crippen LogP contribution < -0.4 is 19.6 Å². The molecule has 3 aromatic carbocycles. The highest BCUT2D eigenvalue weighted by Gasteiger charge is 2.36. The SMILES string of the molecule is CCOC(=O)C1=C(C)N=c2s/c(=C/c3ccc(-c4cccc(C(=O)OC)c4)o3)c(=O)n2[C@H]1c1c(OC)ccc2ccccc12. The highest BCUT2D eigenvalue weighted by Crippen LogP contribution is 2.40. The summed E-state index contributed by atoms with van der Waals surface area (Å²) in [5.41, 5.74) is 2.14. The van der Waals surface area contributed by atoms with E-state index in [0.29, 0.717) is 49.0 Å². The van der Waals surface area contributed by atoms with Gasteiger partial charge in [-0.3, -0.25) is 9.36 Å². The Hall–Kier alpha value is -5.22. The minimum atomic E-state index is -0.846. The van der Waals surface area contributed by atoms with E-state index in [1.54, 1.807) is 57.4 Å². The van der Waals surface area contributed by atoms with Gasteiger partial charge in [-0.15, -0.1) is 0 Å². The number of esters is 2. The van der Waals surface area contributed by atoms with Gasteiger partial charge in [-0.2, -0.15) is 0 Å². The number of rotatable bonds is 7. The van der Waals surface area contributed by atoms with Gasteiger partial charge in [-0.1, -0.05) is 53.8 Å². The second kappa shape index (κ2) is 11.8. The maximum Gasteiger partial charge on any atom is 0.338 e. The van der Waals surface area contributed by atoms with Crippen molar-refractivity contribution in [1.82, 2.24) is 4.57 Å². The quantitative estimate of drug-likeness (QED) is 0.239. The summed E-state index contributed by atoms with van der Waals surface area (Å²) in [6.07, 6.45) is 1.65. The Morgan fingerprint density at radius 2 is 1.84 bits per heavy atom. The molecule has 6 rings (SSSR count). The molecule has 0 saturated carbocycles. The Morgan fingerprint density at radius 1 is 1.02 bits per heavy atom. The maximum absolute atomic E-state index is 14.2. The summed E-state index contributed by atoms with van der Waals surface area (Å²) in [6.45, 7) is 3.65. The molecule has 1 aliphatic heterocycles. The second-order valence-corrected chi connectivity index (χ2v) is 11.0. The first-order chi connectivity index (χ1) is 21.3. The van der Waals surface area contributed by atoms with Gasteiger partial charge in [-0.25, -0.2) is 14.6 Å². The highest BCUT2D eigenvalue weighted by molar-refractivity contribution is 7.07. The Labute approximate surface area is 255 Å². The van der Waals surface area contributed by atoms with E-state index in [1.165, 1.54) is 23.0 Å². The zero-order valence-corrected chi connectivity index (χ0v) is 25.3. The molecule has 0 unspecified atom stereocenters. The minimum Gasteiger partial charge on any atom is -0.496 e. The summed E-state index contributed by atoms with van der Waals surface area (Å²) in [5.74, 6) is 0.495. The first kappa shape index (κ1) is 28.9. The number of fused-ring (bicyclic) bond motifs is 2. The van der Waals surface area contributed by atoms with Crippen molar-refractivity contribution in [2.24, 2.45) is 4.99 Å². The van der Waals surface area contributed by atoms with Crippen molar-refractivity contribution >= 4 is 40.1 Å². The van der Waals surface area contributed by atoms with Crippen LogP contribution in [0.25, 0.3) is 28.2 Å². The Balaban J connectivity index is 1.53. The van der Waals surface area contributed by atoms with Crippen LogP contribution in [-0.2, 0) is 14.3 Å². The van der Waals surface area contributed by atoms with Crippen molar-refractivity contribution in [2.45, 2.75) is 19.9 Å². The fourth-order valence-corrected chi connectivity index (χ4v) is 6.46. The summed E-state index contributed by atoms with van der Waals surface area (Å²) in [4.78, 5) is 44.7. The molecule has 2 aromatic heterocycles. The van der Waals surface area contributed by atoms with Gasteiger partial charge in [0, 0.05) is 17.2 Å². The van der Waals surface area contributed by atoms with Gasteiger partial charge in [-0.05, 0) is 55.0 Å². The van der Waals surface area contributed by atoms with Gasteiger partial charge >= 0.3 is 11.9 Å². The molecule has 1 atom stereocenters. The lowest BCUT2D eigenvalue weighted by Gasteiger charge is -2.27. The molecule has 0 amide bonds. The predicted molar refractivity (Wildman–Crippen MR) is 166 cm³/mol. The van der Waals surface area contributed by atoms with Gasteiger partial charge in [0.05, 0.1) is 42.2 Å². The molecule has 5 aromatic rings. The van der Waals surface area contributed by atoms with E-state index in [0.717, 1.165) is 10.8 Å². The van der Waals surface area contributed by atoms with E-state index < -0.39 is 18.0 Å². The standard InChI is InChI=1S/C34H28N2O7S/c1-5-42-33(39)28-19(2)35-34-36(30(28)29-24-12-7-6-9-20(24)13-15-26(29)40-3)31(37)27(44-34)18-23-14-16-25(43-23)21-10-8-11-22(17-21)32(38)41-4/h6-18,30H,5H2,1-4H3/b27-18+/t30-/m1/s1. The summed E-state index contributed by atoms with van der Waals surface area (Å²) in [5, 5.41) is 1.77. The van der Waals surface area contributed by atoms with Crippen LogP contribution >= 0.6 is 11.3 Å². The van der Waals surface area contributed by atoms with Gasteiger partial charge in [0.25, 0.3) is 5.56 Å². The first-order valence-corrected chi connectivity index (χ1v) is 14.7. The number of benzene rings is 3. The summed E-state index contributed by atoms with van der Waals surface area (Å²) < 4.78 is 24.0. The normalized spacial score (nSPS) is 14.7. The number of carbonyl (C=O) groups is 2. The second-order valence-electron chi connectivity index (χ2n) is 9.98. The lowest BCUT2D eigenvalue weighted by molar-refractivity contribution is -0.139. The van der Waals surface area contributed by atoms with E-state index in [-0.39, 0.29) is 17.7 Å². The zero-order valence-electron chi connectivity index (χ0n) is 24.5. The molecule has 44 heavy (non-hydrogen) atoms. The molecule has 0 bridgehead atoms. The Bertz CT molecular complexity index is 2150. The Kier molecular flexibility index (Phi) is 7.75. The lowest BCUT2D eigenvalue weighted by Crippen LogP contribution is -2.40. The van der Waals surface area contributed by atoms with Crippen molar-refractivity contribution < 1.29 is 28.2 Å². The number of furan rings is 1. The third-order valence-corrected chi connectivity index (χ3v) is 8.39. The summed E-state index contributed by atoms with van der Waals surface area (Å²) in [7, 11) is 2.89. The van der Waals surface area contributed by atoms with E-state index >= 15 is 0 Å². The molecule has 0 spiro atoms. The molecular weight excluding hydrogens is 580 g/mol. The van der Waals surface area contributed by atoms with E-state index in [2.05, 4.69) is 4.99 Å². The summed E-state index contributed by atoms with van der Waals surface area (Å²) >= 11 is 1.20. The minimum absolute atomic E-state index is 0.169. The molecule has 222 valence electrons. The summed E-state index contributed by atoms with van der Waals surface area (Å²) in [6, 6.07) is 21.1. The Morgan fingerprint density at radius 3 is 2.61 bits per heavy atom. The van der Waals surface area contributed by atoms with Crippen molar-refractivity contribution in [3.63, 3.8) is 0 Å². The highest BCUT2D eigenvalue weighted by atomic mass is 32.1. The molecular formula is C34H28N2O7S. The van der Waals surface area contributed by atoms with Crippen molar-refractivity contribution in [2.75, 3.05) is 20.8 Å². The number of methoxy groups -OCH3 is 2. The number of allylic oxidation sites excluding steroid dienone is 1. The van der Waals surface area contributed by atoms with E-state index in [4.69, 9.17) is 18.6 Å². The largest absolute Gasteiger partial charge is 0.496 e. The zero-order chi connectivity index (χ0) is 31.0. The molecule has 3 heterocycles. The average molecular weight is 609 g/mol. The maximum atomic E-state index is 14.2. The van der Waals surface area contributed by atoms with Gasteiger partial charge < -0.3 is 18.6 Å². The number of ether oxygens (including phenoxy) is 3. The van der Waals surface area contributed by atoms with Crippen LogP contribution in [0.15, 0.2) is 98.3 Å². The smallest absolute Gasteiger partial charge is 0.338 e. The van der Waals surface area contributed by atoms with E-state index in [1.807, 2.05) is 42.5 Å². The van der Waals surface area contributed by atoms with Crippen molar-refractivity contribution in [3.8, 4) is 17.1 Å². The number of carbonyl (C=O) groups excluding carboxylic acids is 2. The lowest BCUT2D eigenvalue weighted by atomic mass is 9.90. The molecule has 1 aliphatic rings. The van der Waals surface area contributed by atoms with Crippen LogP contribution in [0.3, 0.4) is 0 Å². The van der Waals surface area contributed by atoms with Crippen LogP contribution in [0.5, 0.6) is 5.75 Å². The van der Waals surface area contributed by atoms with Gasteiger partial charge in [0.2, 0.25) is 0 Å². The topological polar surface area (TPSA) is 109 Å². The van der Waals surface area contributed by atoms with Crippen LogP contribution in [0, 0.1) is 0 Å². The number of aromatic nitrogens is 1. The van der Waals surface area contributed by atoms with Crippen molar-refractivity contribution in [1.29, 1.82) is 0 Å². The van der Waals surface area contributed by atoms with Gasteiger partial charge in [0.15, 0.2) is 4.80 Å². The number of nitrogens with zero attached hydrogens (tertiary/aromatic N) is 2. The van der Waals surface area contributed by atoms with Crippen LogP contribution in [0.2, 0.25) is 0 Å². The average Bonchev–Trinajstić information content (AvgIpc) is 3.63. The molecule has 0 aliphatic carbocycles. The fraction of sp³-hybridized carbons (Fsp3) is 0.176.